The zero-order valence-corrected chi connectivity index (χ0v) is 11.7. The lowest BCUT2D eigenvalue weighted by molar-refractivity contribution is 0.0605. The van der Waals surface area contributed by atoms with Gasteiger partial charge >= 0.3 is 0 Å². The standard InChI is InChI=1S/C15H14FN5O/c16-12-3-1-11(2-4-12)15(22)7-8-20(9-15)14-6-5-13-18-17-10-21(13)19-14/h1-6,10,22H,7-9H2. The highest BCUT2D eigenvalue weighted by atomic mass is 19.1. The first-order valence-corrected chi connectivity index (χ1v) is 7.05. The fourth-order valence-corrected chi connectivity index (χ4v) is 2.87. The predicted octanol–water partition coefficient (Wildman–Crippen LogP) is 1.36. The molecule has 6 nitrogen and oxygen atoms in total. The van der Waals surface area contributed by atoms with Gasteiger partial charge in [-0.1, -0.05) is 12.1 Å². The van der Waals surface area contributed by atoms with Crippen LogP contribution in [0.15, 0.2) is 42.7 Å². The average molecular weight is 299 g/mol. The molecule has 7 heteroatoms. The van der Waals surface area contributed by atoms with Crippen molar-refractivity contribution in [2.75, 3.05) is 18.0 Å². The van der Waals surface area contributed by atoms with Gasteiger partial charge in [0.05, 0.1) is 6.54 Å². The summed E-state index contributed by atoms with van der Waals surface area (Å²) >= 11 is 0. The van der Waals surface area contributed by atoms with Crippen molar-refractivity contribution in [2.24, 2.45) is 0 Å². The molecule has 0 saturated carbocycles. The Morgan fingerprint density at radius 2 is 1.95 bits per heavy atom. The maximum Gasteiger partial charge on any atom is 0.177 e. The van der Waals surface area contributed by atoms with Gasteiger partial charge < -0.3 is 10.0 Å². The Kier molecular flexibility index (Phi) is 2.83. The summed E-state index contributed by atoms with van der Waals surface area (Å²) in [5.74, 6) is 0.451. The van der Waals surface area contributed by atoms with E-state index in [9.17, 15) is 9.50 Å². The highest BCUT2D eigenvalue weighted by Gasteiger charge is 2.38. The number of anilines is 1. The van der Waals surface area contributed by atoms with E-state index >= 15 is 0 Å². The van der Waals surface area contributed by atoms with Crippen LogP contribution >= 0.6 is 0 Å². The Bertz CT molecular complexity index is 818. The molecular formula is C15H14FN5O. The summed E-state index contributed by atoms with van der Waals surface area (Å²) in [4.78, 5) is 2.00. The summed E-state index contributed by atoms with van der Waals surface area (Å²) in [6.07, 6.45) is 2.11. The molecule has 0 aliphatic carbocycles. The Labute approximate surface area is 125 Å². The van der Waals surface area contributed by atoms with E-state index < -0.39 is 5.60 Å². The molecule has 3 aromatic rings. The zero-order chi connectivity index (χ0) is 15.2. The molecule has 1 fully saturated rings. The van der Waals surface area contributed by atoms with Crippen LogP contribution in [0.1, 0.15) is 12.0 Å². The van der Waals surface area contributed by atoms with Crippen molar-refractivity contribution in [2.45, 2.75) is 12.0 Å². The summed E-state index contributed by atoms with van der Waals surface area (Å²) in [5, 5.41) is 23.0. The molecule has 0 radical (unpaired) electrons. The van der Waals surface area contributed by atoms with Gasteiger partial charge in [0.25, 0.3) is 0 Å². The number of hydrogen-bond acceptors (Lipinski definition) is 5. The van der Waals surface area contributed by atoms with E-state index in [0.717, 1.165) is 11.4 Å². The summed E-state index contributed by atoms with van der Waals surface area (Å²) < 4.78 is 14.6. The third kappa shape index (κ3) is 2.10. The van der Waals surface area contributed by atoms with Crippen LogP contribution in [0, 0.1) is 5.82 Å². The normalized spacial score (nSPS) is 21.6. The van der Waals surface area contributed by atoms with Gasteiger partial charge in [-0.25, -0.2) is 4.39 Å². The minimum Gasteiger partial charge on any atom is -0.383 e. The Morgan fingerprint density at radius 1 is 1.14 bits per heavy atom. The number of hydrogen-bond donors (Lipinski definition) is 1. The maximum absolute atomic E-state index is 13.0. The van der Waals surface area contributed by atoms with Crippen LogP contribution in [0.2, 0.25) is 0 Å². The van der Waals surface area contributed by atoms with Gasteiger partial charge in [0.2, 0.25) is 0 Å². The van der Waals surface area contributed by atoms with Crippen LogP contribution in [0.3, 0.4) is 0 Å². The van der Waals surface area contributed by atoms with Gasteiger partial charge in [-0.2, -0.15) is 4.52 Å². The number of aromatic nitrogens is 4. The van der Waals surface area contributed by atoms with Crippen molar-refractivity contribution in [3.05, 3.63) is 54.1 Å². The summed E-state index contributed by atoms with van der Waals surface area (Å²) in [5.41, 5.74) is 0.413. The molecule has 112 valence electrons. The smallest absolute Gasteiger partial charge is 0.177 e. The predicted molar refractivity (Wildman–Crippen MR) is 77.9 cm³/mol. The van der Waals surface area contributed by atoms with Gasteiger partial charge in [-0.05, 0) is 36.2 Å². The Balaban J connectivity index is 1.62. The first-order valence-electron chi connectivity index (χ1n) is 7.05. The lowest BCUT2D eigenvalue weighted by atomic mass is 9.93. The minimum atomic E-state index is -0.989. The van der Waals surface area contributed by atoms with E-state index in [1.54, 1.807) is 23.0 Å². The molecule has 1 unspecified atom stereocenters. The monoisotopic (exact) mass is 299 g/mol. The van der Waals surface area contributed by atoms with E-state index in [0.29, 0.717) is 25.2 Å². The van der Waals surface area contributed by atoms with Crippen molar-refractivity contribution in [3.63, 3.8) is 0 Å². The van der Waals surface area contributed by atoms with Gasteiger partial charge in [0.15, 0.2) is 5.65 Å². The van der Waals surface area contributed by atoms with Gasteiger partial charge in [-0.15, -0.1) is 15.3 Å². The first-order chi connectivity index (χ1) is 10.6. The summed E-state index contributed by atoms with van der Waals surface area (Å²) in [7, 11) is 0. The highest BCUT2D eigenvalue weighted by Crippen LogP contribution is 2.33. The van der Waals surface area contributed by atoms with Crippen molar-refractivity contribution >= 4 is 11.5 Å². The number of aliphatic hydroxyl groups is 1. The summed E-state index contributed by atoms with van der Waals surface area (Å²) in [6.45, 7) is 1.09. The number of nitrogens with zero attached hydrogens (tertiary/aromatic N) is 5. The molecular weight excluding hydrogens is 285 g/mol. The number of halogens is 1. The van der Waals surface area contributed by atoms with E-state index in [1.165, 1.54) is 12.1 Å². The van der Waals surface area contributed by atoms with E-state index in [4.69, 9.17) is 0 Å². The van der Waals surface area contributed by atoms with Crippen molar-refractivity contribution in [1.29, 1.82) is 0 Å². The van der Waals surface area contributed by atoms with E-state index in [2.05, 4.69) is 15.3 Å². The van der Waals surface area contributed by atoms with Gasteiger partial charge in [0, 0.05) is 6.54 Å². The molecule has 22 heavy (non-hydrogen) atoms. The third-order valence-corrected chi connectivity index (χ3v) is 4.10. The quantitative estimate of drug-likeness (QED) is 0.774. The van der Waals surface area contributed by atoms with Crippen LogP contribution in [0.5, 0.6) is 0 Å². The molecule has 0 amide bonds. The van der Waals surface area contributed by atoms with Crippen LogP contribution < -0.4 is 4.90 Å². The molecule has 1 atom stereocenters. The fourth-order valence-electron chi connectivity index (χ4n) is 2.87. The molecule has 0 bridgehead atoms. The molecule has 1 aliphatic heterocycles. The molecule has 1 N–H and O–H groups in total. The molecule has 1 aromatic carbocycles. The van der Waals surface area contributed by atoms with Gasteiger partial charge in [0.1, 0.15) is 23.6 Å². The Morgan fingerprint density at radius 3 is 2.77 bits per heavy atom. The molecule has 4 rings (SSSR count). The lowest BCUT2D eigenvalue weighted by Gasteiger charge is -2.24. The maximum atomic E-state index is 13.0. The number of rotatable bonds is 2. The summed E-state index contributed by atoms with van der Waals surface area (Å²) in [6, 6.07) is 9.71. The highest BCUT2D eigenvalue weighted by molar-refractivity contribution is 5.47. The molecule has 1 saturated heterocycles. The fraction of sp³-hybridized carbons (Fsp3) is 0.267. The van der Waals surface area contributed by atoms with Crippen molar-refractivity contribution in [3.8, 4) is 0 Å². The molecule has 3 heterocycles. The van der Waals surface area contributed by atoms with Crippen LogP contribution in [-0.4, -0.2) is 38.0 Å². The molecule has 1 aliphatic rings. The van der Waals surface area contributed by atoms with E-state index in [1.807, 2.05) is 17.0 Å². The number of fused-ring (bicyclic) bond motifs is 1. The zero-order valence-electron chi connectivity index (χ0n) is 11.7. The second-order valence-electron chi connectivity index (χ2n) is 5.54. The molecule has 2 aromatic heterocycles. The van der Waals surface area contributed by atoms with E-state index in [-0.39, 0.29) is 5.82 Å². The van der Waals surface area contributed by atoms with Crippen molar-refractivity contribution in [1.82, 2.24) is 19.8 Å². The third-order valence-electron chi connectivity index (χ3n) is 4.10. The molecule has 0 spiro atoms. The second-order valence-corrected chi connectivity index (χ2v) is 5.54. The van der Waals surface area contributed by atoms with Crippen molar-refractivity contribution < 1.29 is 9.50 Å². The van der Waals surface area contributed by atoms with Crippen LogP contribution in [0.4, 0.5) is 10.2 Å². The number of benzene rings is 1. The first kappa shape index (κ1) is 13.1. The Hall–Kier alpha value is -2.54. The average Bonchev–Trinajstić information content (AvgIpc) is 3.14. The SMILES string of the molecule is OC1(c2ccc(F)cc2)CCN(c2ccc3nncn3n2)C1. The second kappa shape index (κ2) is 4.74. The number of β-amino-alcohol motifs (C(OH)–C–C–N with tert-alkyl or cyclic N) is 1. The topological polar surface area (TPSA) is 66.5 Å². The van der Waals surface area contributed by atoms with Gasteiger partial charge in [-0.3, -0.25) is 0 Å². The van der Waals surface area contributed by atoms with Crippen LogP contribution in [0.25, 0.3) is 5.65 Å². The lowest BCUT2D eigenvalue weighted by Crippen LogP contribution is -2.31. The van der Waals surface area contributed by atoms with Crippen LogP contribution in [-0.2, 0) is 5.60 Å². The minimum absolute atomic E-state index is 0.304. The largest absolute Gasteiger partial charge is 0.383 e.